The fraction of sp³-hybridized carbons (Fsp3) is 0.786. The Morgan fingerprint density at radius 3 is 2.48 bits per heavy atom. The summed E-state index contributed by atoms with van der Waals surface area (Å²) in [5, 5.41) is 0. The van der Waals surface area contributed by atoms with E-state index in [0.717, 1.165) is 24.8 Å². The molecule has 5 rings (SSSR count). The summed E-state index contributed by atoms with van der Waals surface area (Å²) >= 11 is 0. The van der Waals surface area contributed by atoms with Gasteiger partial charge in [-0.25, -0.2) is 0 Å². The van der Waals surface area contributed by atoms with Crippen LogP contribution in [0.2, 0.25) is 0 Å². The lowest BCUT2D eigenvalue weighted by atomic mass is 9.46. The van der Waals surface area contributed by atoms with Gasteiger partial charge in [0.15, 0.2) is 11.6 Å². The average Bonchev–Trinajstić information content (AvgIpc) is 3.26. The lowest BCUT2D eigenvalue weighted by Crippen LogP contribution is -2.58. The molecule has 0 N–H and O–H groups in total. The van der Waals surface area contributed by atoms with E-state index in [9.17, 15) is 9.59 Å². The molecular formula is C28H40O3. The zero-order valence-electron chi connectivity index (χ0n) is 20.3. The molecule has 0 aromatic heterocycles. The molecule has 0 aromatic carbocycles. The van der Waals surface area contributed by atoms with Crippen LogP contribution in [0.25, 0.3) is 0 Å². The summed E-state index contributed by atoms with van der Waals surface area (Å²) < 4.78 is 6.88. The lowest BCUT2D eigenvalue weighted by Gasteiger charge is -2.54. The first-order valence-electron chi connectivity index (χ1n) is 12.7. The number of allylic oxidation sites excluding steroid dienone is 3. The fourth-order valence-electron chi connectivity index (χ4n) is 8.52. The number of hydrogen-bond donors (Lipinski definition) is 0. The van der Waals surface area contributed by atoms with Gasteiger partial charge in [0.1, 0.15) is 11.2 Å². The molecule has 3 saturated carbocycles. The van der Waals surface area contributed by atoms with Gasteiger partial charge in [-0.15, -0.1) is 0 Å². The van der Waals surface area contributed by atoms with E-state index in [1.807, 2.05) is 0 Å². The molecule has 0 unspecified atom stereocenters. The third-order valence-electron chi connectivity index (χ3n) is 10.8. The highest BCUT2D eigenvalue weighted by atomic mass is 16.6. The van der Waals surface area contributed by atoms with Crippen molar-refractivity contribution in [1.82, 2.24) is 0 Å². The van der Waals surface area contributed by atoms with Crippen LogP contribution in [0.4, 0.5) is 0 Å². The van der Waals surface area contributed by atoms with Crippen molar-refractivity contribution in [2.45, 2.75) is 97.7 Å². The summed E-state index contributed by atoms with van der Waals surface area (Å²) in [4.78, 5) is 25.4. The normalized spacial score (nSPS) is 48.0. The molecule has 3 heteroatoms. The van der Waals surface area contributed by atoms with Crippen molar-refractivity contribution >= 4 is 11.6 Å². The third-order valence-corrected chi connectivity index (χ3v) is 10.8. The van der Waals surface area contributed by atoms with E-state index in [1.54, 1.807) is 6.08 Å². The number of fused-ring (bicyclic) bond motifs is 2. The molecule has 1 heterocycles. The van der Waals surface area contributed by atoms with Crippen LogP contribution in [0.3, 0.4) is 0 Å². The lowest BCUT2D eigenvalue weighted by molar-refractivity contribution is -0.127. The predicted octanol–water partition coefficient (Wildman–Crippen LogP) is 6.07. The first kappa shape index (κ1) is 21.6. The summed E-state index contributed by atoms with van der Waals surface area (Å²) in [5.74, 6) is 3.07. The minimum Gasteiger partial charge on any atom is -0.361 e. The minimum absolute atomic E-state index is 0.126. The van der Waals surface area contributed by atoms with Gasteiger partial charge in [0.05, 0.1) is 0 Å². The second-order valence-electron chi connectivity index (χ2n) is 12.4. The van der Waals surface area contributed by atoms with E-state index < -0.39 is 0 Å². The number of carbonyl (C=O) groups excluding carboxylic acids is 2. The number of rotatable bonds is 4. The highest BCUT2D eigenvalue weighted by molar-refractivity contribution is 6.06. The van der Waals surface area contributed by atoms with Crippen LogP contribution in [0.15, 0.2) is 23.8 Å². The highest BCUT2D eigenvalue weighted by Gasteiger charge is 2.86. The van der Waals surface area contributed by atoms with Crippen LogP contribution in [-0.2, 0) is 14.3 Å². The van der Waals surface area contributed by atoms with Gasteiger partial charge >= 0.3 is 0 Å². The maximum atomic E-state index is 13.3. The number of ketones is 2. The van der Waals surface area contributed by atoms with E-state index in [-0.39, 0.29) is 33.6 Å². The van der Waals surface area contributed by atoms with Gasteiger partial charge in [0.2, 0.25) is 0 Å². The second-order valence-corrected chi connectivity index (χ2v) is 12.4. The number of epoxide rings is 1. The van der Waals surface area contributed by atoms with E-state index in [2.05, 4.69) is 53.7 Å². The molecule has 31 heavy (non-hydrogen) atoms. The Morgan fingerprint density at radius 1 is 1.03 bits per heavy atom. The van der Waals surface area contributed by atoms with Crippen LogP contribution in [-0.4, -0.2) is 22.8 Å². The van der Waals surface area contributed by atoms with E-state index >= 15 is 0 Å². The first-order chi connectivity index (χ1) is 14.5. The Morgan fingerprint density at radius 2 is 1.77 bits per heavy atom. The van der Waals surface area contributed by atoms with Crippen molar-refractivity contribution in [3.63, 3.8) is 0 Å². The van der Waals surface area contributed by atoms with Crippen LogP contribution in [0.1, 0.15) is 86.5 Å². The topological polar surface area (TPSA) is 46.7 Å². The summed E-state index contributed by atoms with van der Waals surface area (Å²) in [6.45, 7) is 14.0. The Labute approximate surface area is 188 Å². The van der Waals surface area contributed by atoms with Crippen molar-refractivity contribution in [3.05, 3.63) is 23.8 Å². The molecule has 0 aromatic rings. The molecule has 8 atom stereocenters. The van der Waals surface area contributed by atoms with Crippen LogP contribution in [0, 0.1) is 40.4 Å². The zero-order valence-corrected chi connectivity index (χ0v) is 20.3. The summed E-state index contributed by atoms with van der Waals surface area (Å²) in [7, 11) is 0. The first-order valence-corrected chi connectivity index (χ1v) is 12.7. The van der Waals surface area contributed by atoms with Crippen LogP contribution < -0.4 is 0 Å². The standard InChI is InChI=1S/C28H40O3/c1-17(2)18(3)7-8-19(4)21-10-14-28-26(21,6)13-11-24-25(5)12-9-20(29)15-22(25)23(30)16-27(24,28)31-28/h7-8,15,17-19,21,24H,9-14,16H2,1-6H3/b8-7+/t18-,19+,21+,24+,25-,26+,27-,28+/m0/s1. The van der Waals surface area contributed by atoms with Gasteiger partial charge in [-0.05, 0) is 61.9 Å². The largest absolute Gasteiger partial charge is 0.361 e. The highest BCUT2D eigenvalue weighted by Crippen LogP contribution is 2.80. The molecular weight excluding hydrogens is 384 g/mol. The number of Topliss-reactive ketones (excluding diaryl/α,β-unsaturated/α-hetero) is 1. The monoisotopic (exact) mass is 424 g/mol. The molecule has 0 bridgehead atoms. The molecule has 170 valence electrons. The van der Waals surface area contributed by atoms with E-state index in [4.69, 9.17) is 4.74 Å². The molecule has 5 aliphatic rings. The maximum absolute atomic E-state index is 13.3. The minimum atomic E-state index is -0.285. The van der Waals surface area contributed by atoms with E-state index in [1.165, 1.54) is 12.8 Å². The van der Waals surface area contributed by atoms with Crippen molar-refractivity contribution in [2.24, 2.45) is 40.4 Å². The Hall–Kier alpha value is -1.22. The van der Waals surface area contributed by atoms with Crippen molar-refractivity contribution in [3.8, 4) is 0 Å². The molecule has 4 aliphatic carbocycles. The Bertz CT molecular complexity index is 883. The van der Waals surface area contributed by atoms with Crippen molar-refractivity contribution in [2.75, 3.05) is 0 Å². The molecule has 0 radical (unpaired) electrons. The van der Waals surface area contributed by atoms with Gasteiger partial charge in [0.25, 0.3) is 0 Å². The maximum Gasteiger partial charge on any atom is 0.162 e. The number of hydrogen-bond acceptors (Lipinski definition) is 3. The van der Waals surface area contributed by atoms with Crippen molar-refractivity contribution in [1.29, 1.82) is 0 Å². The van der Waals surface area contributed by atoms with Crippen molar-refractivity contribution < 1.29 is 14.3 Å². The Kier molecular flexibility index (Phi) is 4.64. The summed E-state index contributed by atoms with van der Waals surface area (Å²) in [6, 6.07) is 0. The van der Waals surface area contributed by atoms with Gasteiger partial charge in [-0.2, -0.15) is 0 Å². The zero-order chi connectivity index (χ0) is 22.4. The van der Waals surface area contributed by atoms with Gasteiger partial charge in [-0.3, -0.25) is 9.59 Å². The number of ether oxygens (including phenoxy) is 1. The Balaban J connectivity index is 1.46. The fourth-order valence-corrected chi connectivity index (χ4v) is 8.52. The van der Waals surface area contributed by atoms with Crippen LogP contribution in [0.5, 0.6) is 0 Å². The van der Waals surface area contributed by atoms with Gasteiger partial charge in [-0.1, -0.05) is 53.7 Å². The summed E-state index contributed by atoms with van der Waals surface area (Å²) in [5.41, 5.74) is 0.334. The van der Waals surface area contributed by atoms with Crippen LogP contribution >= 0.6 is 0 Å². The molecule has 2 spiro atoms. The SMILES string of the molecule is CC(C)[C@@H](C)/C=C/[C@@H](C)[C@H]1CC[C@]23O[C@]24CC(=O)C2=CC(=O)CC[C@]2(C)[C@H]4CC[C@]13C. The predicted molar refractivity (Wildman–Crippen MR) is 122 cm³/mol. The molecule has 4 fully saturated rings. The number of carbonyl (C=O) groups is 2. The smallest absolute Gasteiger partial charge is 0.162 e. The molecule has 0 amide bonds. The molecule has 3 nitrogen and oxygen atoms in total. The average molecular weight is 425 g/mol. The van der Waals surface area contributed by atoms with Gasteiger partial charge < -0.3 is 4.74 Å². The summed E-state index contributed by atoms with van der Waals surface area (Å²) in [6.07, 6.45) is 13.0. The van der Waals surface area contributed by atoms with Gasteiger partial charge in [0, 0.05) is 35.2 Å². The molecule has 1 saturated heterocycles. The third kappa shape index (κ3) is 2.62. The second kappa shape index (κ2) is 6.65. The quantitative estimate of drug-likeness (QED) is 0.406. The van der Waals surface area contributed by atoms with E-state index in [0.29, 0.717) is 42.4 Å². The molecule has 1 aliphatic heterocycles.